The molecule has 0 atom stereocenters. The number of esters is 1. The molecule has 130 valence electrons. The van der Waals surface area contributed by atoms with Crippen molar-refractivity contribution in [3.63, 3.8) is 0 Å². The first-order chi connectivity index (χ1) is 12.0. The molecule has 1 aliphatic heterocycles. The van der Waals surface area contributed by atoms with E-state index < -0.39 is 16.0 Å². The number of unbranched alkanes of at least 4 members (excludes halogenated alkanes) is 1. The van der Waals surface area contributed by atoms with E-state index >= 15 is 0 Å². The summed E-state index contributed by atoms with van der Waals surface area (Å²) >= 11 is 0. The molecule has 0 saturated heterocycles. The Balaban J connectivity index is 1.98. The van der Waals surface area contributed by atoms with Crippen LogP contribution in [-0.4, -0.2) is 25.2 Å². The van der Waals surface area contributed by atoms with Gasteiger partial charge in [0.2, 0.25) is 0 Å². The van der Waals surface area contributed by atoms with Crippen molar-refractivity contribution >= 4 is 21.8 Å². The predicted molar refractivity (Wildman–Crippen MR) is 95.1 cm³/mol. The highest BCUT2D eigenvalue weighted by atomic mass is 32.2. The maximum Gasteiger partial charge on any atom is 0.343 e. The molecule has 0 amide bonds. The van der Waals surface area contributed by atoms with Crippen LogP contribution < -0.4 is 0 Å². The predicted octanol–water partition coefficient (Wildman–Crippen LogP) is 3.65. The number of hydrogen-bond acceptors (Lipinski definition) is 4. The summed E-state index contributed by atoms with van der Waals surface area (Å²) in [6.45, 7) is 2.34. The monoisotopic (exact) mass is 357 g/mol. The SMILES string of the molecule is CCCCN1C=C(OC(=O)c2ccccc2)c2ccccc2S1(=O)=O. The summed E-state index contributed by atoms with van der Waals surface area (Å²) in [5, 5.41) is 0. The standard InChI is InChI=1S/C19H19NO4S/c1-2-3-13-20-14-17(24-19(21)15-9-5-4-6-10-15)16-11-7-8-12-18(16)25(20,22)23/h4-12,14H,2-3,13H2,1H3. The Bertz CT molecular complexity index is 904. The van der Waals surface area contributed by atoms with Crippen LogP contribution in [0.2, 0.25) is 0 Å². The van der Waals surface area contributed by atoms with E-state index in [0.717, 1.165) is 12.8 Å². The molecule has 25 heavy (non-hydrogen) atoms. The van der Waals surface area contributed by atoms with Gasteiger partial charge in [-0.15, -0.1) is 0 Å². The summed E-state index contributed by atoms with van der Waals surface area (Å²) in [6.07, 6.45) is 2.99. The van der Waals surface area contributed by atoms with Crippen molar-refractivity contribution in [1.82, 2.24) is 4.31 Å². The van der Waals surface area contributed by atoms with Crippen LogP contribution in [0.25, 0.3) is 5.76 Å². The quantitative estimate of drug-likeness (QED) is 0.766. The number of rotatable bonds is 5. The normalized spacial score (nSPS) is 15.2. The Morgan fingerprint density at radius 1 is 1.04 bits per heavy atom. The molecule has 0 radical (unpaired) electrons. The molecule has 0 N–H and O–H groups in total. The van der Waals surface area contributed by atoms with Crippen LogP contribution in [0.4, 0.5) is 0 Å². The summed E-state index contributed by atoms with van der Waals surface area (Å²) in [4.78, 5) is 12.5. The summed E-state index contributed by atoms with van der Waals surface area (Å²) in [7, 11) is -3.62. The molecule has 0 aliphatic carbocycles. The van der Waals surface area contributed by atoms with Crippen LogP contribution in [0.5, 0.6) is 0 Å². The van der Waals surface area contributed by atoms with Crippen molar-refractivity contribution in [1.29, 1.82) is 0 Å². The lowest BCUT2D eigenvalue weighted by Crippen LogP contribution is -2.31. The third kappa shape index (κ3) is 3.44. The Hall–Kier alpha value is -2.60. The van der Waals surface area contributed by atoms with Gasteiger partial charge in [0.05, 0.1) is 16.7 Å². The second-order valence-electron chi connectivity index (χ2n) is 5.71. The minimum absolute atomic E-state index is 0.157. The fraction of sp³-hybridized carbons (Fsp3) is 0.211. The average molecular weight is 357 g/mol. The van der Waals surface area contributed by atoms with Gasteiger partial charge < -0.3 is 4.74 Å². The number of carbonyl (C=O) groups is 1. The van der Waals surface area contributed by atoms with E-state index in [4.69, 9.17) is 4.74 Å². The molecule has 3 rings (SSSR count). The first kappa shape index (κ1) is 17.2. The fourth-order valence-corrected chi connectivity index (χ4v) is 4.16. The van der Waals surface area contributed by atoms with Gasteiger partial charge in [0.1, 0.15) is 0 Å². The fourth-order valence-electron chi connectivity index (χ4n) is 2.60. The molecule has 0 unspecified atom stereocenters. The van der Waals surface area contributed by atoms with Gasteiger partial charge in [-0.3, -0.25) is 4.31 Å². The molecule has 0 fully saturated rings. The second kappa shape index (κ2) is 7.11. The minimum atomic E-state index is -3.62. The second-order valence-corrected chi connectivity index (χ2v) is 7.57. The molecule has 5 nitrogen and oxygen atoms in total. The highest BCUT2D eigenvalue weighted by Gasteiger charge is 2.32. The maximum absolute atomic E-state index is 12.8. The molecule has 2 aromatic carbocycles. The van der Waals surface area contributed by atoms with Crippen molar-refractivity contribution < 1.29 is 17.9 Å². The Morgan fingerprint density at radius 2 is 1.72 bits per heavy atom. The smallest absolute Gasteiger partial charge is 0.343 e. The number of ether oxygens (including phenoxy) is 1. The first-order valence-corrected chi connectivity index (χ1v) is 9.58. The molecule has 2 aromatic rings. The van der Waals surface area contributed by atoms with E-state index in [1.165, 1.54) is 16.6 Å². The molecule has 6 heteroatoms. The molecule has 0 saturated carbocycles. The molecule has 1 heterocycles. The average Bonchev–Trinajstić information content (AvgIpc) is 2.64. The van der Waals surface area contributed by atoms with Gasteiger partial charge in [0.25, 0.3) is 10.0 Å². The first-order valence-electron chi connectivity index (χ1n) is 8.14. The van der Waals surface area contributed by atoms with Crippen molar-refractivity contribution in [3.05, 3.63) is 71.9 Å². The summed E-state index contributed by atoms with van der Waals surface area (Å²) in [6, 6.07) is 15.2. The van der Waals surface area contributed by atoms with E-state index in [1.54, 1.807) is 42.5 Å². The zero-order valence-electron chi connectivity index (χ0n) is 13.9. The summed E-state index contributed by atoms with van der Waals surface area (Å²) in [5.74, 6) is -0.272. The summed E-state index contributed by atoms with van der Waals surface area (Å²) < 4.78 is 32.3. The van der Waals surface area contributed by atoms with Gasteiger partial charge in [-0.05, 0) is 30.7 Å². The maximum atomic E-state index is 12.8. The molecule has 0 spiro atoms. The van der Waals surface area contributed by atoms with Gasteiger partial charge in [-0.1, -0.05) is 43.7 Å². The lowest BCUT2D eigenvalue weighted by atomic mass is 10.2. The number of benzene rings is 2. The number of hydrogen-bond donors (Lipinski definition) is 0. The van der Waals surface area contributed by atoms with Crippen LogP contribution >= 0.6 is 0 Å². The van der Waals surface area contributed by atoms with Gasteiger partial charge in [0, 0.05) is 12.1 Å². The highest BCUT2D eigenvalue weighted by molar-refractivity contribution is 7.89. The Morgan fingerprint density at radius 3 is 2.44 bits per heavy atom. The number of fused-ring (bicyclic) bond motifs is 1. The van der Waals surface area contributed by atoms with E-state index in [1.807, 2.05) is 13.0 Å². The largest absolute Gasteiger partial charge is 0.421 e. The van der Waals surface area contributed by atoms with Crippen LogP contribution in [0, 0.1) is 0 Å². The molecular weight excluding hydrogens is 338 g/mol. The zero-order valence-corrected chi connectivity index (χ0v) is 14.7. The zero-order chi connectivity index (χ0) is 17.9. The minimum Gasteiger partial charge on any atom is -0.421 e. The van der Waals surface area contributed by atoms with E-state index in [0.29, 0.717) is 17.7 Å². The molecule has 0 aromatic heterocycles. The highest BCUT2D eigenvalue weighted by Crippen LogP contribution is 2.33. The number of nitrogens with zero attached hydrogens (tertiary/aromatic N) is 1. The van der Waals surface area contributed by atoms with E-state index in [-0.39, 0.29) is 10.7 Å². The lowest BCUT2D eigenvalue weighted by Gasteiger charge is -2.27. The Labute approximate surface area is 147 Å². The van der Waals surface area contributed by atoms with Crippen LogP contribution in [0.1, 0.15) is 35.7 Å². The van der Waals surface area contributed by atoms with Gasteiger partial charge in [0.15, 0.2) is 5.76 Å². The summed E-state index contributed by atoms with van der Waals surface area (Å²) in [5.41, 5.74) is 0.814. The molecular formula is C19H19NO4S. The van der Waals surface area contributed by atoms with E-state index in [9.17, 15) is 13.2 Å². The lowest BCUT2D eigenvalue weighted by molar-refractivity contribution is 0.0689. The topological polar surface area (TPSA) is 63.7 Å². The number of carbonyl (C=O) groups excluding carboxylic acids is 1. The Kier molecular flexibility index (Phi) is 4.90. The van der Waals surface area contributed by atoms with Crippen molar-refractivity contribution in [2.75, 3.05) is 6.54 Å². The van der Waals surface area contributed by atoms with E-state index in [2.05, 4.69) is 0 Å². The van der Waals surface area contributed by atoms with Gasteiger partial charge in [-0.25, -0.2) is 13.2 Å². The number of sulfonamides is 1. The van der Waals surface area contributed by atoms with Gasteiger partial charge >= 0.3 is 5.97 Å². The van der Waals surface area contributed by atoms with Crippen LogP contribution in [0.3, 0.4) is 0 Å². The van der Waals surface area contributed by atoms with Crippen LogP contribution in [-0.2, 0) is 14.8 Å². The van der Waals surface area contributed by atoms with Gasteiger partial charge in [-0.2, -0.15) is 0 Å². The van der Waals surface area contributed by atoms with Crippen molar-refractivity contribution in [3.8, 4) is 0 Å². The third-order valence-electron chi connectivity index (χ3n) is 3.94. The third-order valence-corrected chi connectivity index (χ3v) is 5.76. The van der Waals surface area contributed by atoms with Crippen molar-refractivity contribution in [2.24, 2.45) is 0 Å². The van der Waals surface area contributed by atoms with Crippen LogP contribution in [0.15, 0.2) is 65.7 Å². The van der Waals surface area contributed by atoms with Crippen molar-refractivity contribution in [2.45, 2.75) is 24.7 Å². The molecule has 0 bridgehead atoms. The molecule has 1 aliphatic rings.